The Morgan fingerprint density at radius 2 is 2.06 bits per heavy atom. The molecule has 0 fully saturated rings. The Morgan fingerprint density at radius 1 is 1.31 bits per heavy atom. The van der Waals surface area contributed by atoms with Crippen LogP contribution in [0.15, 0.2) is 40.0 Å². The highest BCUT2D eigenvalue weighted by atomic mass is 32.2. The highest BCUT2D eigenvalue weighted by Gasteiger charge is 2.13. The van der Waals surface area contributed by atoms with Crippen LogP contribution in [0.2, 0.25) is 0 Å². The number of esters is 1. The second-order valence-electron chi connectivity index (χ2n) is 2.79. The molecule has 1 heterocycles. The summed E-state index contributed by atoms with van der Waals surface area (Å²) in [6.45, 7) is 0. The quantitative estimate of drug-likeness (QED) is 0.600. The summed E-state index contributed by atoms with van der Waals surface area (Å²) in [4.78, 5) is 11.6. The van der Waals surface area contributed by atoms with Gasteiger partial charge < -0.3 is 9.15 Å². The van der Waals surface area contributed by atoms with Gasteiger partial charge in [-0.1, -0.05) is 40.2 Å². The van der Waals surface area contributed by atoms with E-state index in [2.05, 4.69) is 10.2 Å². The normalized spacial score (nSPS) is 10.1. The van der Waals surface area contributed by atoms with Crippen LogP contribution in [-0.2, 0) is 0 Å². The molecule has 0 atom stereocenters. The van der Waals surface area contributed by atoms with E-state index in [1.807, 2.05) is 6.07 Å². The van der Waals surface area contributed by atoms with Crippen molar-refractivity contribution >= 4 is 17.7 Å². The first-order chi connectivity index (χ1) is 7.79. The minimum atomic E-state index is -0.517. The van der Waals surface area contributed by atoms with E-state index >= 15 is 0 Å². The zero-order valence-electron chi connectivity index (χ0n) is 8.41. The lowest BCUT2D eigenvalue weighted by atomic mass is 10.2. The van der Waals surface area contributed by atoms with Gasteiger partial charge in [-0.05, 0) is 18.4 Å². The van der Waals surface area contributed by atoms with Gasteiger partial charge >= 0.3 is 12.0 Å². The van der Waals surface area contributed by atoms with Crippen molar-refractivity contribution < 1.29 is 13.9 Å². The predicted octanol–water partition coefficient (Wildman–Crippen LogP) is 2.01. The van der Waals surface area contributed by atoms with Crippen LogP contribution in [0.1, 0.15) is 10.4 Å². The van der Waals surface area contributed by atoms with Gasteiger partial charge in [-0.25, -0.2) is 4.79 Å². The summed E-state index contributed by atoms with van der Waals surface area (Å²) in [5, 5.41) is 7.58. The molecule has 2 rings (SSSR count). The van der Waals surface area contributed by atoms with Gasteiger partial charge in [0.1, 0.15) is 0 Å². The predicted molar refractivity (Wildman–Crippen MR) is 57.5 cm³/mol. The van der Waals surface area contributed by atoms with Gasteiger partial charge in [-0.3, -0.25) is 0 Å². The molecule has 82 valence electrons. The fourth-order valence-electron chi connectivity index (χ4n) is 1.03. The van der Waals surface area contributed by atoms with Crippen molar-refractivity contribution in [3.8, 4) is 6.08 Å². The van der Waals surface area contributed by atoms with E-state index in [1.165, 1.54) is 11.8 Å². The van der Waals surface area contributed by atoms with Crippen LogP contribution in [0.4, 0.5) is 0 Å². The first kappa shape index (κ1) is 10.7. The fourth-order valence-corrected chi connectivity index (χ4v) is 1.31. The number of hydrogen-bond donors (Lipinski definition) is 0. The number of carbonyl (C=O) groups excluding carboxylic acids is 1. The third-order valence-corrected chi connectivity index (χ3v) is 2.27. The first-order valence-electron chi connectivity index (χ1n) is 4.44. The number of thioether (sulfide) groups is 1. The average Bonchev–Trinajstić information content (AvgIpc) is 2.78. The van der Waals surface area contributed by atoms with E-state index < -0.39 is 5.97 Å². The second kappa shape index (κ2) is 4.80. The topological polar surface area (TPSA) is 65.2 Å². The molecule has 0 aliphatic heterocycles. The molecule has 0 saturated carbocycles. The largest absolute Gasteiger partial charge is 0.423 e. The van der Waals surface area contributed by atoms with Gasteiger partial charge in [0.15, 0.2) is 0 Å². The van der Waals surface area contributed by atoms with Gasteiger partial charge in [0.25, 0.3) is 5.22 Å². The van der Waals surface area contributed by atoms with Crippen molar-refractivity contribution in [2.75, 3.05) is 6.26 Å². The van der Waals surface area contributed by atoms with Crippen LogP contribution in [0.3, 0.4) is 0 Å². The van der Waals surface area contributed by atoms with Crippen molar-refractivity contribution in [1.82, 2.24) is 10.2 Å². The molecular weight excluding hydrogens is 228 g/mol. The molecule has 2 aromatic rings. The molecule has 1 aromatic heterocycles. The highest BCUT2D eigenvalue weighted by molar-refractivity contribution is 7.98. The van der Waals surface area contributed by atoms with Crippen molar-refractivity contribution in [3.63, 3.8) is 0 Å². The van der Waals surface area contributed by atoms with E-state index in [0.717, 1.165) is 0 Å². The standard InChI is InChI=1S/C10H8N2O3S/c1-16-10-12-11-9(15-10)14-8(13)7-5-3-2-4-6-7/h2-6H,1H3. The maximum Gasteiger partial charge on any atom is 0.423 e. The third kappa shape index (κ3) is 2.40. The number of nitrogens with zero attached hydrogens (tertiary/aromatic N) is 2. The zero-order valence-corrected chi connectivity index (χ0v) is 9.23. The number of benzene rings is 1. The lowest BCUT2D eigenvalue weighted by molar-refractivity contribution is 0.0675. The molecule has 0 radical (unpaired) electrons. The van der Waals surface area contributed by atoms with E-state index in [1.54, 1.807) is 30.5 Å². The molecule has 0 aliphatic rings. The van der Waals surface area contributed by atoms with E-state index in [-0.39, 0.29) is 6.08 Å². The number of carbonyl (C=O) groups is 1. The Balaban J connectivity index is 2.08. The Hall–Kier alpha value is -1.82. The maximum absolute atomic E-state index is 11.6. The second-order valence-corrected chi connectivity index (χ2v) is 3.55. The summed E-state index contributed by atoms with van der Waals surface area (Å²) in [7, 11) is 0. The third-order valence-electron chi connectivity index (χ3n) is 1.75. The summed E-state index contributed by atoms with van der Waals surface area (Å²) in [6, 6.07) is 8.60. The van der Waals surface area contributed by atoms with Gasteiger partial charge in [0.2, 0.25) is 0 Å². The van der Waals surface area contributed by atoms with Crippen molar-refractivity contribution in [2.24, 2.45) is 0 Å². The van der Waals surface area contributed by atoms with Crippen molar-refractivity contribution in [3.05, 3.63) is 35.9 Å². The molecule has 0 amide bonds. The minimum absolute atomic E-state index is 0.141. The van der Waals surface area contributed by atoms with Gasteiger partial charge in [-0.2, -0.15) is 0 Å². The highest BCUT2D eigenvalue weighted by Crippen LogP contribution is 2.17. The number of aromatic nitrogens is 2. The van der Waals surface area contributed by atoms with Crippen LogP contribution >= 0.6 is 11.8 Å². The maximum atomic E-state index is 11.6. The molecular formula is C10H8N2O3S. The van der Waals surface area contributed by atoms with E-state index in [0.29, 0.717) is 10.8 Å². The number of hydrogen-bond acceptors (Lipinski definition) is 6. The molecule has 0 spiro atoms. The van der Waals surface area contributed by atoms with Crippen LogP contribution < -0.4 is 4.74 Å². The fraction of sp³-hybridized carbons (Fsp3) is 0.100. The first-order valence-corrected chi connectivity index (χ1v) is 5.67. The van der Waals surface area contributed by atoms with Crippen LogP contribution in [0.5, 0.6) is 6.08 Å². The Bertz CT molecular complexity index is 484. The van der Waals surface area contributed by atoms with Crippen LogP contribution in [-0.4, -0.2) is 22.4 Å². The molecule has 0 unspecified atom stereocenters. The molecule has 0 bridgehead atoms. The molecule has 16 heavy (non-hydrogen) atoms. The van der Waals surface area contributed by atoms with Gasteiger partial charge in [0, 0.05) is 0 Å². The SMILES string of the molecule is CSc1nnc(OC(=O)c2ccccc2)o1. The lowest BCUT2D eigenvalue weighted by Crippen LogP contribution is -2.08. The van der Waals surface area contributed by atoms with E-state index in [4.69, 9.17) is 9.15 Å². The van der Waals surface area contributed by atoms with Gasteiger partial charge in [0.05, 0.1) is 5.56 Å². The van der Waals surface area contributed by atoms with Gasteiger partial charge in [-0.15, -0.1) is 0 Å². The van der Waals surface area contributed by atoms with Crippen LogP contribution in [0, 0.1) is 0 Å². The summed E-state index contributed by atoms with van der Waals surface area (Å²) in [5.74, 6) is -0.517. The lowest BCUT2D eigenvalue weighted by Gasteiger charge is -1.97. The van der Waals surface area contributed by atoms with Crippen molar-refractivity contribution in [1.29, 1.82) is 0 Å². The zero-order chi connectivity index (χ0) is 11.4. The van der Waals surface area contributed by atoms with Crippen LogP contribution in [0.25, 0.3) is 0 Å². The summed E-state index contributed by atoms with van der Waals surface area (Å²) in [6.07, 6.45) is 1.65. The molecule has 0 N–H and O–H groups in total. The summed E-state index contributed by atoms with van der Waals surface area (Å²) < 4.78 is 9.91. The number of rotatable bonds is 3. The van der Waals surface area contributed by atoms with E-state index in [9.17, 15) is 4.79 Å². The molecule has 0 saturated heterocycles. The minimum Gasteiger partial charge on any atom is -0.383 e. The summed E-state index contributed by atoms with van der Waals surface area (Å²) in [5.41, 5.74) is 0.436. The Morgan fingerprint density at radius 3 is 2.69 bits per heavy atom. The Labute approximate surface area is 95.8 Å². The smallest absolute Gasteiger partial charge is 0.383 e. The molecule has 0 aliphatic carbocycles. The molecule has 5 nitrogen and oxygen atoms in total. The van der Waals surface area contributed by atoms with Crippen molar-refractivity contribution in [2.45, 2.75) is 5.22 Å². The summed E-state index contributed by atoms with van der Waals surface area (Å²) >= 11 is 1.28. The average molecular weight is 236 g/mol. The molecule has 1 aromatic carbocycles. The monoisotopic (exact) mass is 236 g/mol. The Kier molecular flexibility index (Phi) is 3.21. The molecule has 6 heteroatoms. The number of ether oxygens (including phenoxy) is 1.